The van der Waals surface area contributed by atoms with E-state index in [0.29, 0.717) is 23.1 Å². The highest BCUT2D eigenvalue weighted by atomic mass is 35.5. The summed E-state index contributed by atoms with van der Waals surface area (Å²) in [4.78, 5) is 22.0. The molecule has 154 valence electrons. The number of fused-ring (bicyclic) bond motifs is 2. The van der Waals surface area contributed by atoms with E-state index in [1.807, 2.05) is 12.1 Å². The number of nitrogens with one attached hydrogen (secondary N) is 2. The van der Waals surface area contributed by atoms with Crippen LogP contribution in [-0.4, -0.2) is 11.8 Å². The van der Waals surface area contributed by atoms with Gasteiger partial charge in [0.1, 0.15) is 0 Å². The zero-order valence-corrected chi connectivity index (χ0v) is 18.3. The number of hydrogen-bond donors (Lipinski definition) is 2. The van der Waals surface area contributed by atoms with Gasteiger partial charge in [-0.2, -0.15) is 0 Å². The molecule has 0 radical (unpaired) electrons. The summed E-state index contributed by atoms with van der Waals surface area (Å²) in [6, 6.07) is 19.0. The first kappa shape index (κ1) is 21.9. The summed E-state index contributed by atoms with van der Waals surface area (Å²) < 4.78 is 0. The van der Waals surface area contributed by atoms with E-state index in [1.165, 1.54) is 11.1 Å². The van der Waals surface area contributed by atoms with Crippen LogP contribution in [0.15, 0.2) is 60.7 Å². The Kier molecular flexibility index (Phi) is 7.14. The van der Waals surface area contributed by atoms with Crippen molar-refractivity contribution in [3.05, 3.63) is 104 Å². The molecule has 3 aromatic rings. The Bertz CT molecular complexity index is 1010. The minimum absolute atomic E-state index is 0.00309. The van der Waals surface area contributed by atoms with E-state index in [0.717, 1.165) is 22.3 Å². The van der Waals surface area contributed by atoms with Gasteiger partial charge in [-0.25, -0.2) is 0 Å². The SMILES string of the molecule is Cc1cccc(C)c1.O=C1NCc2cc(Cl)ccc21.O=C1NCc2cc(Cl)ccc21. The fraction of sp³-hybridized carbons (Fsp3) is 0.167. The lowest BCUT2D eigenvalue weighted by Crippen LogP contribution is -2.12. The molecule has 4 nitrogen and oxygen atoms in total. The van der Waals surface area contributed by atoms with E-state index in [9.17, 15) is 9.59 Å². The summed E-state index contributed by atoms with van der Waals surface area (Å²) in [5.41, 5.74) is 6.14. The molecule has 2 aliphatic heterocycles. The molecule has 0 aromatic heterocycles. The van der Waals surface area contributed by atoms with E-state index in [1.54, 1.807) is 24.3 Å². The molecule has 5 rings (SSSR count). The van der Waals surface area contributed by atoms with E-state index >= 15 is 0 Å². The van der Waals surface area contributed by atoms with Crippen LogP contribution in [0.1, 0.15) is 43.0 Å². The Hall–Kier alpha value is -2.82. The maximum atomic E-state index is 11.0. The van der Waals surface area contributed by atoms with Crippen LogP contribution in [0.4, 0.5) is 0 Å². The fourth-order valence-corrected chi connectivity index (χ4v) is 3.60. The Balaban J connectivity index is 0.000000130. The van der Waals surface area contributed by atoms with Crippen molar-refractivity contribution in [1.82, 2.24) is 10.6 Å². The average Bonchev–Trinajstić information content (AvgIpc) is 3.25. The molecule has 2 N–H and O–H groups in total. The van der Waals surface area contributed by atoms with E-state index in [2.05, 4.69) is 48.7 Å². The van der Waals surface area contributed by atoms with E-state index < -0.39 is 0 Å². The highest BCUT2D eigenvalue weighted by Gasteiger charge is 2.18. The fourth-order valence-electron chi connectivity index (χ4n) is 3.21. The zero-order chi connectivity index (χ0) is 21.7. The molecule has 6 heteroatoms. The Morgan fingerprint density at radius 2 is 1.10 bits per heavy atom. The number of benzene rings is 3. The molecule has 0 saturated carbocycles. The number of amides is 2. The Morgan fingerprint density at radius 1 is 0.667 bits per heavy atom. The van der Waals surface area contributed by atoms with Crippen molar-refractivity contribution in [1.29, 1.82) is 0 Å². The maximum Gasteiger partial charge on any atom is 0.251 e. The van der Waals surface area contributed by atoms with Crippen molar-refractivity contribution in [2.45, 2.75) is 26.9 Å². The normalized spacial score (nSPS) is 13.1. The van der Waals surface area contributed by atoms with Gasteiger partial charge in [-0.05, 0) is 61.4 Å². The summed E-state index contributed by atoms with van der Waals surface area (Å²) in [5, 5.41) is 6.79. The maximum absolute atomic E-state index is 11.0. The first-order valence-electron chi connectivity index (χ1n) is 9.50. The molecular weight excluding hydrogens is 419 g/mol. The van der Waals surface area contributed by atoms with Crippen LogP contribution in [0.5, 0.6) is 0 Å². The summed E-state index contributed by atoms with van der Waals surface area (Å²) in [6.07, 6.45) is 0. The van der Waals surface area contributed by atoms with Crippen molar-refractivity contribution in [3.63, 3.8) is 0 Å². The third-order valence-electron chi connectivity index (χ3n) is 4.68. The van der Waals surface area contributed by atoms with Crippen molar-refractivity contribution >= 4 is 35.0 Å². The number of hydrogen-bond acceptors (Lipinski definition) is 2. The molecule has 0 spiro atoms. The quantitative estimate of drug-likeness (QED) is 0.486. The molecular formula is C24H22Cl2N2O2. The lowest BCUT2D eigenvalue weighted by atomic mass is 10.1. The van der Waals surface area contributed by atoms with E-state index in [4.69, 9.17) is 23.2 Å². The molecule has 0 unspecified atom stereocenters. The standard InChI is InChI=1S/2C8H6ClNO.C8H10/c2*9-6-1-2-7-5(3-6)4-10-8(7)11;1-7-4-3-5-8(2)6-7/h2*1-3H,4H2,(H,10,11);3-6H,1-2H3. The first-order valence-corrected chi connectivity index (χ1v) is 10.3. The second-order valence-electron chi connectivity index (χ2n) is 7.13. The van der Waals surface area contributed by atoms with Gasteiger partial charge in [0.05, 0.1) is 0 Å². The van der Waals surface area contributed by atoms with Crippen LogP contribution in [0.25, 0.3) is 0 Å². The van der Waals surface area contributed by atoms with Gasteiger partial charge in [0.15, 0.2) is 0 Å². The topological polar surface area (TPSA) is 58.2 Å². The Morgan fingerprint density at radius 3 is 1.47 bits per heavy atom. The van der Waals surface area contributed by atoms with Crippen LogP contribution < -0.4 is 10.6 Å². The van der Waals surface area contributed by atoms with Gasteiger partial charge in [0, 0.05) is 34.3 Å². The van der Waals surface area contributed by atoms with E-state index in [-0.39, 0.29) is 11.8 Å². The minimum atomic E-state index is -0.00309. The number of aryl methyl sites for hydroxylation is 2. The monoisotopic (exact) mass is 440 g/mol. The molecule has 0 aliphatic carbocycles. The van der Waals surface area contributed by atoms with Crippen LogP contribution in [0.2, 0.25) is 10.0 Å². The van der Waals surface area contributed by atoms with Crippen molar-refractivity contribution in [3.8, 4) is 0 Å². The molecule has 0 fully saturated rings. The second-order valence-corrected chi connectivity index (χ2v) is 8.00. The zero-order valence-electron chi connectivity index (χ0n) is 16.8. The molecule has 2 amide bonds. The Labute approximate surface area is 186 Å². The van der Waals surface area contributed by atoms with Crippen LogP contribution in [0, 0.1) is 13.8 Å². The number of halogens is 2. The summed E-state index contributed by atoms with van der Waals surface area (Å²) in [6.45, 7) is 5.42. The number of carbonyl (C=O) groups excluding carboxylic acids is 2. The van der Waals surface area contributed by atoms with Gasteiger partial charge in [-0.1, -0.05) is 58.6 Å². The predicted octanol–water partition coefficient (Wildman–Crippen LogP) is 5.47. The number of carbonyl (C=O) groups is 2. The summed E-state index contributed by atoms with van der Waals surface area (Å²) in [5.74, 6) is -0.00617. The molecule has 0 saturated heterocycles. The molecule has 2 heterocycles. The van der Waals surface area contributed by atoms with Crippen molar-refractivity contribution in [2.24, 2.45) is 0 Å². The van der Waals surface area contributed by atoms with Gasteiger partial charge in [-0.15, -0.1) is 0 Å². The third-order valence-corrected chi connectivity index (χ3v) is 5.15. The smallest absolute Gasteiger partial charge is 0.251 e. The molecule has 0 bridgehead atoms. The lowest BCUT2D eigenvalue weighted by Gasteiger charge is -1.93. The predicted molar refractivity (Wildman–Crippen MR) is 121 cm³/mol. The summed E-state index contributed by atoms with van der Waals surface area (Å²) in [7, 11) is 0. The van der Waals surface area contributed by atoms with Gasteiger partial charge in [-0.3, -0.25) is 9.59 Å². The van der Waals surface area contributed by atoms with Crippen molar-refractivity contribution < 1.29 is 9.59 Å². The second kappa shape index (κ2) is 9.79. The average molecular weight is 441 g/mol. The first-order chi connectivity index (χ1) is 14.3. The lowest BCUT2D eigenvalue weighted by molar-refractivity contribution is 0.0957. The van der Waals surface area contributed by atoms with Gasteiger partial charge >= 0.3 is 0 Å². The van der Waals surface area contributed by atoms with Gasteiger partial charge in [0.25, 0.3) is 11.8 Å². The van der Waals surface area contributed by atoms with Gasteiger partial charge < -0.3 is 10.6 Å². The largest absolute Gasteiger partial charge is 0.348 e. The highest BCUT2D eigenvalue weighted by Crippen LogP contribution is 2.20. The summed E-state index contributed by atoms with van der Waals surface area (Å²) >= 11 is 11.5. The van der Waals surface area contributed by atoms with Crippen LogP contribution in [0.3, 0.4) is 0 Å². The van der Waals surface area contributed by atoms with Crippen molar-refractivity contribution in [2.75, 3.05) is 0 Å². The highest BCUT2D eigenvalue weighted by molar-refractivity contribution is 6.31. The minimum Gasteiger partial charge on any atom is -0.348 e. The molecule has 0 atom stereocenters. The van der Waals surface area contributed by atoms with Crippen LogP contribution in [-0.2, 0) is 13.1 Å². The number of rotatable bonds is 0. The van der Waals surface area contributed by atoms with Gasteiger partial charge in [0.2, 0.25) is 0 Å². The molecule has 3 aromatic carbocycles. The molecule has 30 heavy (non-hydrogen) atoms. The van der Waals surface area contributed by atoms with Crippen LogP contribution >= 0.6 is 23.2 Å². The molecule has 2 aliphatic rings. The third kappa shape index (κ3) is 5.62.